The molecule has 0 aliphatic carbocycles. The standard InChI is InChI=1S/C16H23N3/c1-12-6-5-7-15(13(12)2)19-10-14(8-9-17)18-11-16(19,3)4/h5-7,14,18H,8,10-11H2,1-4H3. The van der Waals surface area contributed by atoms with Gasteiger partial charge in [-0.05, 0) is 44.9 Å². The fraction of sp³-hybridized carbons (Fsp3) is 0.562. The molecule has 3 nitrogen and oxygen atoms in total. The molecule has 1 aliphatic rings. The summed E-state index contributed by atoms with van der Waals surface area (Å²) >= 11 is 0. The summed E-state index contributed by atoms with van der Waals surface area (Å²) in [6.07, 6.45) is 0.567. The molecule has 3 heteroatoms. The van der Waals surface area contributed by atoms with Crippen LogP contribution < -0.4 is 10.2 Å². The van der Waals surface area contributed by atoms with Gasteiger partial charge in [0.15, 0.2) is 0 Å². The Balaban J connectivity index is 2.34. The van der Waals surface area contributed by atoms with E-state index in [4.69, 9.17) is 5.26 Å². The summed E-state index contributed by atoms with van der Waals surface area (Å²) in [4.78, 5) is 2.45. The van der Waals surface area contributed by atoms with Gasteiger partial charge in [-0.3, -0.25) is 0 Å². The van der Waals surface area contributed by atoms with Crippen LogP contribution in [0.25, 0.3) is 0 Å². The third kappa shape index (κ3) is 2.74. The lowest BCUT2D eigenvalue weighted by Gasteiger charge is -2.48. The molecule has 1 N–H and O–H groups in total. The van der Waals surface area contributed by atoms with Crippen LogP contribution in [0.2, 0.25) is 0 Å². The first-order valence-corrected chi connectivity index (χ1v) is 6.90. The van der Waals surface area contributed by atoms with E-state index in [9.17, 15) is 0 Å². The summed E-state index contributed by atoms with van der Waals surface area (Å²) < 4.78 is 0. The van der Waals surface area contributed by atoms with Crippen molar-refractivity contribution in [3.63, 3.8) is 0 Å². The maximum Gasteiger partial charge on any atom is 0.0638 e. The molecule has 1 atom stereocenters. The molecule has 1 aromatic carbocycles. The summed E-state index contributed by atoms with van der Waals surface area (Å²) in [5, 5.41) is 12.4. The number of benzene rings is 1. The van der Waals surface area contributed by atoms with Crippen LogP contribution in [-0.2, 0) is 0 Å². The molecule has 0 amide bonds. The highest BCUT2D eigenvalue weighted by atomic mass is 15.3. The Bertz CT molecular complexity index is 499. The first kappa shape index (κ1) is 13.9. The van der Waals surface area contributed by atoms with Crippen LogP contribution in [0.5, 0.6) is 0 Å². The third-order valence-electron chi connectivity index (χ3n) is 4.16. The van der Waals surface area contributed by atoms with Crippen molar-refractivity contribution in [3.05, 3.63) is 29.3 Å². The van der Waals surface area contributed by atoms with E-state index >= 15 is 0 Å². The van der Waals surface area contributed by atoms with E-state index in [-0.39, 0.29) is 11.6 Å². The molecule has 19 heavy (non-hydrogen) atoms. The number of nitriles is 1. The van der Waals surface area contributed by atoms with E-state index in [0.29, 0.717) is 6.42 Å². The zero-order chi connectivity index (χ0) is 14.0. The number of piperazine rings is 1. The van der Waals surface area contributed by atoms with Gasteiger partial charge in [0.2, 0.25) is 0 Å². The fourth-order valence-electron chi connectivity index (χ4n) is 2.72. The van der Waals surface area contributed by atoms with E-state index in [0.717, 1.165) is 13.1 Å². The van der Waals surface area contributed by atoms with E-state index in [2.05, 4.69) is 62.2 Å². The molecular formula is C16H23N3. The first-order valence-electron chi connectivity index (χ1n) is 6.90. The molecule has 0 spiro atoms. The number of hydrogen-bond donors (Lipinski definition) is 1. The van der Waals surface area contributed by atoms with Gasteiger partial charge in [-0.25, -0.2) is 0 Å². The molecule has 0 aromatic heterocycles. The lowest BCUT2D eigenvalue weighted by molar-refractivity contribution is 0.324. The van der Waals surface area contributed by atoms with Crippen LogP contribution in [0.3, 0.4) is 0 Å². The predicted molar refractivity (Wildman–Crippen MR) is 79.4 cm³/mol. The van der Waals surface area contributed by atoms with E-state index in [1.165, 1.54) is 16.8 Å². The van der Waals surface area contributed by atoms with Crippen LogP contribution in [0, 0.1) is 25.2 Å². The molecule has 2 rings (SSSR count). The molecule has 1 saturated heterocycles. The Morgan fingerprint density at radius 1 is 1.42 bits per heavy atom. The largest absolute Gasteiger partial charge is 0.363 e. The molecule has 1 heterocycles. The Hall–Kier alpha value is -1.53. The number of nitrogens with zero attached hydrogens (tertiary/aromatic N) is 2. The SMILES string of the molecule is Cc1cccc(N2CC(CC#N)NCC2(C)C)c1C. The van der Waals surface area contributed by atoms with Gasteiger partial charge in [0.1, 0.15) is 0 Å². The van der Waals surface area contributed by atoms with Crippen LogP contribution in [0.4, 0.5) is 5.69 Å². The van der Waals surface area contributed by atoms with Crippen molar-refractivity contribution >= 4 is 5.69 Å². The van der Waals surface area contributed by atoms with Gasteiger partial charge >= 0.3 is 0 Å². The van der Waals surface area contributed by atoms with Crippen molar-refractivity contribution in [2.24, 2.45) is 0 Å². The molecule has 0 radical (unpaired) electrons. The minimum absolute atomic E-state index is 0.0739. The van der Waals surface area contributed by atoms with Crippen LogP contribution in [0.1, 0.15) is 31.4 Å². The van der Waals surface area contributed by atoms with Crippen molar-refractivity contribution in [3.8, 4) is 6.07 Å². The predicted octanol–water partition coefficient (Wildman–Crippen LogP) is 2.77. The van der Waals surface area contributed by atoms with Crippen molar-refractivity contribution < 1.29 is 0 Å². The lowest BCUT2D eigenvalue weighted by atomic mass is 9.94. The molecule has 102 valence electrons. The van der Waals surface area contributed by atoms with Gasteiger partial charge in [0.05, 0.1) is 12.5 Å². The minimum Gasteiger partial charge on any atom is -0.363 e. The monoisotopic (exact) mass is 257 g/mol. The number of hydrogen-bond acceptors (Lipinski definition) is 3. The third-order valence-corrected chi connectivity index (χ3v) is 4.16. The maximum absolute atomic E-state index is 8.90. The highest BCUT2D eigenvalue weighted by Crippen LogP contribution is 2.31. The summed E-state index contributed by atoms with van der Waals surface area (Å²) in [6, 6.07) is 9.00. The molecule has 1 unspecified atom stereocenters. The summed E-state index contributed by atoms with van der Waals surface area (Å²) in [6.45, 7) is 10.6. The molecule has 0 bridgehead atoms. The molecule has 0 saturated carbocycles. The topological polar surface area (TPSA) is 39.1 Å². The second kappa shape index (κ2) is 5.22. The molecule has 1 aliphatic heterocycles. The Labute approximate surface area is 116 Å². The number of aryl methyl sites for hydroxylation is 1. The van der Waals surface area contributed by atoms with Crippen molar-refractivity contribution in [1.82, 2.24) is 5.32 Å². The van der Waals surface area contributed by atoms with Crippen molar-refractivity contribution in [2.75, 3.05) is 18.0 Å². The number of nitrogens with one attached hydrogen (secondary N) is 1. The number of rotatable bonds is 2. The van der Waals surface area contributed by atoms with Gasteiger partial charge in [-0.15, -0.1) is 0 Å². The quantitative estimate of drug-likeness (QED) is 0.885. The average Bonchev–Trinajstić information content (AvgIpc) is 2.36. The summed E-state index contributed by atoms with van der Waals surface area (Å²) in [5.74, 6) is 0. The Morgan fingerprint density at radius 2 is 2.16 bits per heavy atom. The van der Waals surface area contributed by atoms with Crippen LogP contribution in [-0.4, -0.2) is 24.7 Å². The lowest BCUT2D eigenvalue weighted by Crippen LogP contribution is -2.62. The first-order chi connectivity index (χ1) is 8.95. The number of anilines is 1. The van der Waals surface area contributed by atoms with Gasteiger partial charge in [0.25, 0.3) is 0 Å². The average molecular weight is 257 g/mol. The Morgan fingerprint density at radius 3 is 2.84 bits per heavy atom. The maximum atomic E-state index is 8.90. The van der Waals surface area contributed by atoms with E-state index < -0.39 is 0 Å². The fourth-order valence-corrected chi connectivity index (χ4v) is 2.72. The minimum atomic E-state index is 0.0739. The molecular weight excluding hydrogens is 234 g/mol. The van der Waals surface area contributed by atoms with Gasteiger partial charge in [-0.2, -0.15) is 5.26 Å². The zero-order valence-electron chi connectivity index (χ0n) is 12.3. The summed E-state index contributed by atoms with van der Waals surface area (Å²) in [5.41, 5.74) is 4.04. The van der Waals surface area contributed by atoms with Crippen molar-refractivity contribution in [1.29, 1.82) is 5.26 Å². The van der Waals surface area contributed by atoms with E-state index in [1.807, 2.05) is 0 Å². The second-order valence-corrected chi connectivity index (χ2v) is 6.08. The second-order valence-electron chi connectivity index (χ2n) is 6.08. The van der Waals surface area contributed by atoms with Crippen LogP contribution in [0.15, 0.2) is 18.2 Å². The normalized spacial score (nSPS) is 22.1. The van der Waals surface area contributed by atoms with Gasteiger partial charge < -0.3 is 10.2 Å². The molecule has 1 fully saturated rings. The van der Waals surface area contributed by atoms with E-state index in [1.54, 1.807) is 0 Å². The van der Waals surface area contributed by atoms with Crippen molar-refractivity contribution in [2.45, 2.75) is 45.7 Å². The van der Waals surface area contributed by atoms with Crippen LogP contribution >= 0.6 is 0 Å². The highest BCUT2D eigenvalue weighted by molar-refractivity contribution is 5.58. The molecule has 1 aromatic rings. The smallest absolute Gasteiger partial charge is 0.0638 e. The summed E-state index contributed by atoms with van der Waals surface area (Å²) in [7, 11) is 0. The Kier molecular flexibility index (Phi) is 3.82. The van der Waals surface area contributed by atoms with Gasteiger partial charge in [0, 0.05) is 30.4 Å². The highest BCUT2D eigenvalue weighted by Gasteiger charge is 2.34. The van der Waals surface area contributed by atoms with Gasteiger partial charge in [-0.1, -0.05) is 12.1 Å². The zero-order valence-corrected chi connectivity index (χ0v) is 12.3.